The van der Waals surface area contributed by atoms with E-state index in [2.05, 4.69) is 10.2 Å². The molecule has 0 bridgehead atoms. The van der Waals surface area contributed by atoms with Crippen LogP contribution < -0.4 is 5.32 Å². The van der Waals surface area contributed by atoms with Crippen molar-refractivity contribution in [3.8, 4) is 0 Å². The zero-order chi connectivity index (χ0) is 14.6. The van der Waals surface area contributed by atoms with E-state index in [0.29, 0.717) is 32.1 Å². The lowest BCUT2D eigenvalue weighted by Gasteiger charge is -2.38. The molecule has 2 aliphatic heterocycles. The first-order chi connectivity index (χ1) is 9.47. The second-order valence-electron chi connectivity index (χ2n) is 5.83. The van der Waals surface area contributed by atoms with E-state index in [1.54, 1.807) is 0 Å². The number of hydrogen-bond donors (Lipinski definition) is 1. The van der Waals surface area contributed by atoms with Gasteiger partial charge in [0.15, 0.2) is 0 Å². The van der Waals surface area contributed by atoms with Gasteiger partial charge in [-0.15, -0.1) is 12.4 Å². The van der Waals surface area contributed by atoms with E-state index in [1.807, 2.05) is 0 Å². The monoisotopic (exact) mass is 333 g/mol. The second kappa shape index (κ2) is 8.50. The fraction of sp³-hybridized carbons (Fsp3) is 1.00. The summed E-state index contributed by atoms with van der Waals surface area (Å²) >= 11 is 0. The molecule has 2 heterocycles. The fourth-order valence-electron chi connectivity index (χ4n) is 2.93. The van der Waals surface area contributed by atoms with Crippen LogP contribution in [0.4, 0.5) is 17.6 Å². The molecule has 2 rings (SSSR count). The van der Waals surface area contributed by atoms with Crippen LogP contribution >= 0.6 is 12.4 Å². The van der Waals surface area contributed by atoms with Gasteiger partial charge in [0.2, 0.25) is 0 Å². The van der Waals surface area contributed by atoms with Crippen molar-refractivity contribution in [2.24, 2.45) is 5.92 Å². The van der Waals surface area contributed by atoms with Gasteiger partial charge in [-0.3, -0.25) is 4.90 Å². The van der Waals surface area contributed by atoms with E-state index in [1.165, 1.54) is 4.90 Å². The standard InChI is InChI=1S/C13H23F4N3.ClH/c14-12(15)13(16,17)10-20-7-5-19(6-8-20)9-11-1-3-18-4-2-11;/h11-12,18H,1-10H2;1H. The highest BCUT2D eigenvalue weighted by Crippen LogP contribution is 2.24. The van der Waals surface area contributed by atoms with E-state index in [0.717, 1.165) is 32.5 Å². The molecule has 1 N–H and O–H groups in total. The Balaban J connectivity index is 0.00000220. The first-order valence-corrected chi connectivity index (χ1v) is 7.29. The average Bonchev–Trinajstić information content (AvgIpc) is 2.42. The molecule has 0 aromatic carbocycles. The van der Waals surface area contributed by atoms with Gasteiger partial charge >= 0.3 is 12.3 Å². The average molecular weight is 334 g/mol. The molecule has 3 nitrogen and oxygen atoms in total. The van der Waals surface area contributed by atoms with Crippen LogP contribution in [0.3, 0.4) is 0 Å². The number of piperidine rings is 1. The van der Waals surface area contributed by atoms with E-state index >= 15 is 0 Å². The van der Waals surface area contributed by atoms with Crippen molar-refractivity contribution in [1.82, 2.24) is 15.1 Å². The van der Waals surface area contributed by atoms with Gasteiger partial charge in [0.05, 0.1) is 6.54 Å². The predicted molar refractivity (Wildman–Crippen MR) is 76.7 cm³/mol. The molecule has 2 fully saturated rings. The molecule has 8 heteroatoms. The molecule has 0 unspecified atom stereocenters. The number of hydrogen-bond acceptors (Lipinski definition) is 3. The van der Waals surface area contributed by atoms with Gasteiger partial charge in [-0.25, -0.2) is 8.78 Å². The highest BCUT2D eigenvalue weighted by Gasteiger charge is 2.42. The maximum Gasteiger partial charge on any atom is 0.319 e. The summed E-state index contributed by atoms with van der Waals surface area (Å²) < 4.78 is 50.3. The quantitative estimate of drug-likeness (QED) is 0.776. The number of rotatable bonds is 5. The molecule has 126 valence electrons. The Morgan fingerprint density at radius 3 is 2.05 bits per heavy atom. The van der Waals surface area contributed by atoms with Crippen molar-refractivity contribution in [2.75, 3.05) is 52.4 Å². The molecule has 2 saturated heterocycles. The van der Waals surface area contributed by atoms with Crippen molar-refractivity contribution in [1.29, 1.82) is 0 Å². The lowest BCUT2D eigenvalue weighted by molar-refractivity contribution is -0.145. The van der Waals surface area contributed by atoms with Gasteiger partial charge in [0.25, 0.3) is 0 Å². The largest absolute Gasteiger partial charge is 0.319 e. The van der Waals surface area contributed by atoms with Crippen molar-refractivity contribution >= 4 is 12.4 Å². The fourth-order valence-corrected chi connectivity index (χ4v) is 2.93. The summed E-state index contributed by atoms with van der Waals surface area (Å²) in [6.07, 6.45) is -1.26. The van der Waals surface area contributed by atoms with Gasteiger partial charge in [-0.1, -0.05) is 0 Å². The molecule has 21 heavy (non-hydrogen) atoms. The minimum Gasteiger partial charge on any atom is -0.317 e. The SMILES string of the molecule is Cl.FC(F)C(F)(F)CN1CCN(CC2CCNCC2)CC1. The Morgan fingerprint density at radius 1 is 1.00 bits per heavy atom. The zero-order valence-electron chi connectivity index (χ0n) is 12.0. The Hall–Kier alpha value is -0.110. The third-order valence-corrected chi connectivity index (χ3v) is 4.19. The lowest BCUT2D eigenvalue weighted by atomic mass is 9.97. The molecule has 0 atom stereocenters. The van der Waals surface area contributed by atoms with E-state index < -0.39 is 18.9 Å². The third kappa shape index (κ3) is 5.88. The summed E-state index contributed by atoms with van der Waals surface area (Å²) in [5.41, 5.74) is 0. The van der Waals surface area contributed by atoms with Gasteiger partial charge < -0.3 is 10.2 Å². The van der Waals surface area contributed by atoms with Crippen LogP contribution in [0.25, 0.3) is 0 Å². The number of halogens is 5. The van der Waals surface area contributed by atoms with Crippen LogP contribution in [0, 0.1) is 5.92 Å². The van der Waals surface area contributed by atoms with Crippen LogP contribution in [-0.4, -0.2) is 74.5 Å². The Morgan fingerprint density at radius 2 is 1.52 bits per heavy atom. The van der Waals surface area contributed by atoms with Crippen molar-refractivity contribution < 1.29 is 17.6 Å². The van der Waals surface area contributed by atoms with Crippen LogP contribution in [0.1, 0.15) is 12.8 Å². The van der Waals surface area contributed by atoms with Gasteiger partial charge in [-0.05, 0) is 31.8 Å². The van der Waals surface area contributed by atoms with Crippen LogP contribution in [0.15, 0.2) is 0 Å². The maximum absolute atomic E-state index is 13.0. The molecular formula is C13H24ClF4N3. The van der Waals surface area contributed by atoms with E-state index in [9.17, 15) is 17.6 Å². The summed E-state index contributed by atoms with van der Waals surface area (Å²) in [6, 6.07) is 0. The normalized spacial score (nSPS) is 23.3. The van der Waals surface area contributed by atoms with Crippen LogP contribution in [-0.2, 0) is 0 Å². The van der Waals surface area contributed by atoms with Gasteiger partial charge in [0, 0.05) is 32.7 Å². The second-order valence-corrected chi connectivity index (χ2v) is 5.83. The van der Waals surface area contributed by atoms with E-state index in [4.69, 9.17) is 0 Å². The lowest BCUT2D eigenvalue weighted by Crippen LogP contribution is -2.52. The molecule has 0 aromatic rings. The summed E-state index contributed by atoms with van der Waals surface area (Å²) in [6.45, 7) is 4.57. The predicted octanol–water partition coefficient (Wildman–Crippen LogP) is 1.93. The maximum atomic E-state index is 13.0. The smallest absolute Gasteiger partial charge is 0.317 e. The number of piperazine rings is 1. The topological polar surface area (TPSA) is 18.5 Å². The number of nitrogens with one attached hydrogen (secondary N) is 1. The summed E-state index contributed by atoms with van der Waals surface area (Å²) in [7, 11) is 0. The molecule has 2 aliphatic rings. The van der Waals surface area contributed by atoms with Gasteiger partial charge in [-0.2, -0.15) is 8.78 Å². The molecule has 0 saturated carbocycles. The molecule has 0 aromatic heterocycles. The number of nitrogens with zero attached hydrogens (tertiary/aromatic N) is 2. The Labute approximate surface area is 129 Å². The van der Waals surface area contributed by atoms with E-state index in [-0.39, 0.29) is 12.4 Å². The minimum atomic E-state index is -3.89. The molecule has 0 radical (unpaired) electrons. The summed E-state index contributed by atoms with van der Waals surface area (Å²) in [5.74, 6) is -3.22. The molecular weight excluding hydrogens is 310 g/mol. The Bertz CT molecular complexity index is 293. The van der Waals surface area contributed by atoms with Crippen LogP contribution in [0.5, 0.6) is 0 Å². The minimum absolute atomic E-state index is 0. The third-order valence-electron chi connectivity index (χ3n) is 4.19. The van der Waals surface area contributed by atoms with Gasteiger partial charge in [0.1, 0.15) is 0 Å². The van der Waals surface area contributed by atoms with Crippen molar-refractivity contribution in [3.05, 3.63) is 0 Å². The molecule has 0 amide bonds. The highest BCUT2D eigenvalue weighted by molar-refractivity contribution is 5.85. The Kier molecular flexibility index (Phi) is 7.67. The van der Waals surface area contributed by atoms with Crippen LogP contribution in [0.2, 0.25) is 0 Å². The highest BCUT2D eigenvalue weighted by atomic mass is 35.5. The van der Waals surface area contributed by atoms with Crippen molar-refractivity contribution in [2.45, 2.75) is 25.2 Å². The summed E-state index contributed by atoms with van der Waals surface area (Å²) in [5, 5.41) is 3.31. The number of alkyl halides is 4. The first-order valence-electron chi connectivity index (χ1n) is 7.29. The zero-order valence-corrected chi connectivity index (χ0v) is 12.9. The van der Waals surface area contributed by atoms with Crippen molar-refractivity contribution in [3.63, 3.8) is 0 Å². The molecule has 0 aliphatic carbocycles. The molecule has 0 spiro atoms. The summed E-state index contributed by atoms with van der Waals surface area (Å²) in [4.78, 5) is 3.72. The first kappa shape index (κ1) is 18.9.